The first-order valence-electron chi connectivity index (χ1n) is 11.2. The Morgan fingerprint density at radius 1 is 0.438 bits per heavy atom. The van der Waals surface area contributed by atoms with Gasteiger partial charge >= 0.3 is 23.9 Å². The molecule has 0 aromatic carbocycles. The van der Waals surface area contributed by atoms with E-state index in [9.17, 15) is 19.2 Å². The van der Waals surface area contributed by atoms with Crippen molar-refractivity contribution in [1.82, 2.24) is 0 Å². The molecule has 8 nitrogen and oxygen atoms in total. The first kappa shape index (κ1) is 21.2. The van der Waals surface area contributed by atoms with Gasteiger partial charge in [-0.25, -0.2) is 0 Å². The summed E-state index contributed by atoms with van der Waals surface area (Å²) in [6.07, 6.45) is 6.74. The summed E-state index contributed by atoms with van der Waals surface area (Å²) < 4.78 is 22.2. The predicted octanol–water partition coefficient (Wildman–Crippen LogP) is 1.82. The Morgan fingerprint density at radius 3 is 1.03 bits per heavy atom. The van der Waals surface area contributed by atoms with Crippen molar-refractivity contribution in [2.75, 3.05) is 0 Å². The summed E-state index contributed by atoms with van der Waals surface area (Å²) in [6.45, 7) is 5.47. The van der Waals surface area contributed by atoms with Crippen LogP contribution < -0.4 is 0 Å². The number of esters is 4. The molecule has 6 unspecified atom stereocenters. The molecule has 0 radical (unpaired) electrons. The van der Waals surface area contributed by atoms with E-state index in [2.05, 4.69) is 24.3 Å². The van der Waals surface area contributed by atoms with Crippen molar-refractivity contribution in [3.05, 3.63) is 24.3 Å². The molecule has 8 heteroatoms. The van der Waals surface area contributed by atoms with E-state index in [-0.39, 0.29) is 71.2 Å². The van der Waals surface area contributed by atoms with Crippen LogP contribution >= 0.6 is 0 Å². The quantitative estimate of drug-likeness (QED) is 0.367. The fourth-order valence-electron chi connectivity index (χ4n) is 7.17. The number of hydrogen-bond acceptors (Lipinski definition) is 8. The van der Waals surface area contributed by atoms with E-state index in [1.54, 1.807) is 0 Å². The van der Waals surface area contributed by atoms with E-state index in [0.717, 1.165) is 0 Å². The maximum atomic E-state index is 11.7. The zero-order valence-electron chi connectivity index (χ0n) is 18.5. The standard InChI is InChI=1S/C24H28O8/c1-9(25)29-21-15-7-5-13-17(19(15)23(21)31-11(3)27)14-6-8-16-20(18(13)14)24(32-12(4)28)22(16)30-10(2)26/h5-8,13-24H,1-4H3/t13?,14?,15?,16?,17?,18?,19?,20?,21-,22-,23?,24?/m1/s1. The third kappa shape index (κ3) is 3.02. The number of ether oxygens (including phenoxy) is 4. The van der Waals surface area contributed by atoms with Crippen LogP contribution in [0.1, 0.15) is 27.7 Å². The second-order valence-corrected chi connectivity index (χ2v) is 9.68. The van der Waals surface area contributed by atoms with Gasteiger partial charge in [-0.2, -0.15) is 0 Å². The number of carbonyl (C=O) groups is 4. The molecule has 0 bridgehead atoms. The van der Waals surface area contributed by atoms with Crippen LogP contribution in [0.15, 0.2) is 24.3 Å². The van der Waals surface area contributed by atoms with Gasteiger partial charge in [0, 0.05) is 51.4 Å². The van der Waals surface area contributed by atoms with Crippen LogP contribution in [0.5, 0.6) is 0 Å². The Hall–Kier alpha value is -2.64. The van der Waals surface area contributed by atoms with Crippen molar-refractivity contribution in [2.24, 2.45) is 47.3 Å². The number of carbonyl (C=O) groups excluding carboxylic acids is 4. The Balaban J connectivity index is 1.40. The van der Waals surface area contributed by atoms with Gasteiger partial charge in [0.1, 0.15) is 24.4 Å². The smallest absolute Gasteiger partial charge is 0.303 e. The van der Waals surface area contributed by atoms with Gasteiger partial charge in [0.2, 0.25) is 0 Å². The highest BCUT2D eigenvalue weighted by Gasteiger charge is 2.71. The highest BCUT2D eigenvalue weighted by atomic mass is 16.6. The summed E-state index contributed by atoms with van der Waals surface area (Å²) in [6, 6.07) is 0. The fourth-order valence-corrected chi connectivity index (χ4v) is 7.17. The van der Waals surface area contributed by atoms with Crippen molar-refractivity contribution in [2.45, 2.75) is 52.1 Å². The van der Waals surface area contributed by atoms with Crippen LogP contribution in [0.3, 0.4) is 0 Å². The Morgan fingerprint density at radius 2 is 0.719 bits per heavy atom. The maximum absolute atomic E-state index is 11.7. The van der Waals surface area contributed by atoms with Gasteiger partial charge in [-0.3, -0.25) is 19.2 Å². The topological polar surface area (TPSA) is 105 Å². The van der Waals surface area contributed by atoms with Gasteiger partial charge in [0.05, 0.1) is 0 Å². The first-order valence-corrected chi connectivity index (χ1v) is 11.2. The van der Waals surface area contributed by atoms with Crippen LogP contribution in [0.4, 0.5) is 0 Å². The molecule has 0 spiro atoms. The van der Waals surface area contributed by atoms with Gasteiger partial charge in [0.25, 0.3) is 0 Å². The van der Waals surface area contributed by atoms with Gasteiger partial charge in [-0.15, -0.1) is 0 Å². The zero-order chi connectivity index (χ0) is 22.9. The lowest BCUT2D eigenvalue weighted by Crippen LogP contribution is -2.73. The predicted molar refractivity (Wildman–Crippen MR) is 108 cm³/mol. The average molecular weight is 444 g/mol. The molecule has 0 aliphatic heterocycles. The second-order valence-electron chi connectivity index (χ2n) is 9.68. The van der Waals surface area contributed by atoms with Crippen molar-refractivity contribution < 1.29 is 38.1 Å². The summed E-state index contributed by atoms with van der Waals surface area (Å²) in [5, 5.41) is 0. The second kappa shape index (κ2) is 7.46. The van der Waals surface area contributed by atoms with E-state index >= 15 is 0 Å². The van der Waals surface area contributed by atoms with Gasteiger partial charge in [-0.1, -0.05) is 24.3 Å². The number of allylic oxidation sites excluding steroid dienone is 2. The molecular weight excluding hydrogens is 416 g/mol. The van der Waals surface area contributed by atoms with Crippen LogP contribution in [0.25, 0.3) is 0 Å². The summed E-state index contributed by atoms with van der Waals surface area (Å²) in [5.74, 6) is -0.330. The van der Waals surface area contributed by atoms with Crippen molar-refractivity contribution >= 4 is 23.9 Å². The average Bonchev–Trinajstić information content (AvgIpc) is 2.69. The Kier molecular flexibility index (Phi) is 4.94. The van der Waals surface area contributed by atoms with Crippen molar-refractivity contribution in [3.8, 4) is 0 Å². The fraction of sp³-hybridized carbons (Fsp3) is 0.667. The number of hydrogen-bond donors (Lipinski definition) is 0. The van der Waals surface area contributed by atoms with Crippen LogP contribution in [-0.2, 0) is 38.1 Å². The van der Waals surface area contributed by atoms with Crippen LogP contribution in [-0.4, -0.2) is 48.3 Å². The minimum Gasteiger partial charge on any atom is -0.458 e. The molecule has 0 amide bonds. The molecule has 5 aliphatic carbocycles. The highest BCUT2D eigenvalue weighted by molar-refractivity contribution is 5.68. The molecule has 3 fully saturated rings. The molecule has 0 aromatic heterocycles. The van der Waals surface area contributed by atoms with Gasteiger partial charge in [0.15, 0.2) is 0 Å². The largest absolute Gasteiger partial charge is 0.458 e. The minimum absolute atomic E-state index is 0.0241. The van der Waals surface area contributed by atoms with E-state index in [1.165, 1.54) is 27.7 Å². The summed E-state index contributed by atoms with van der Waals surface area (Å²) in [5.41, 5.74) is 0. The van der Waals surface area contributed by atoms with Gasteiger partial charge < -0.3 is 18.9 Å². The summed E-state index contributed by atoms with van der Waals surface area (Å²) >= 11 is 0. The number of rotatable bonds is 4. The lowest BCUT2D eigenvalue weighted by molar-refractivity contribution is -0.261. The lowest BCUT2D eigenvalue weighted by atomic mass is 9.37. The zero-order valence-corrected chi connectivity index (χ0v) is 18.5. The molecule has 0 heterocycles. The normalized spacial score (nSPS) is 46.4. The summed E-state index contributed by atoms with van der Waals surface area (Å²) in [7, 11) is 0. The molecule has 5 aliphatic rings. The monoisotopic (exact) mass is 444 g/mol. The Bertz CT molecular complexity index is 839. The molecule has 172 valence electrons. The Labute approximate surface area is 186 Å². The van der Waals surface area contributed by atoms with E-state index in [0.29, 0.717) is 0 Å². The van der Waals surface area contributed by atoms with E-state index in [1.807, 2.05) is 0 Å². The molecule has 3 saturated carbocycles. The van der Waals surface area contributed by atoms with Crippen molar-refractivity contribution in [1.29, 1.82) is 0 Å². The molecular formula is C24H28O8. The molecule has 32 heavy (non-hydrogen) atoms. The van der Waals surface area contributed by atoms with Crippen LogP contribution in [0.2, 0.25) is 0 Å². The summed E-state index contributed by atoms with van der Waals surface area (Å²) in [4.78, 5) is 46.6. The first-order chi connectivity index (χ1) is 15.2. The number of fused-ring (bicyclic) bond motifs is 8. The third-order valence-corrected chi connectivity index (χ3v) is 8.04. The molecule has 8 atom stereocenters. The van der Waals surface area contributed by atoms with Gasteiger partial charge in [-0.05, 0) is 23.7 Å². The lowest BCUT2D eigenvalue weighted by Gasteiger charge is -2.69. The molecule has 0 aromatic rings. The third-order valence-electron chi connectivity index (χ3n) is 8.04. The highest BCUT2D eigenvalue weighted by Crippen LogP contribution is 2.68. The van der Waals surface area contributed by atoms with E-state index < -0.39 is 24.4 Å². The van der Waals surface area contributed by atoms with Crippen LogP contribution in [0, 0.1) is 47.3 Å². The molecule has 5 rings (SSSR count). The maximum Gasteiger partial charge on any atom is 0.303 e. The minimum atomic E-state index is -0.455. The SMILES string of the molecule is CC(=O)OC1C2C3C(C=CC2[C@H]1OC(C)=O)C1C3C=CC2C1C(OC(C)=O)[C@@H]2OC(C)=O. The van der Waals surface area contributed by atoms with E-state index in [4.69, 9.17) is 18.9 Å². The molecule has 0 saturated heterocycles. The van der Waals surface area contributed by atoms with Crippen molar-refractivity contribution in [3.63, 3.8) is 0 Å². The molecule has 0 N–H and O–H groups in total.